The van der Waals surface area contributed by atoms with E-state index in [4.69, 9.17) is 10.3 Å². The van der Waals surface area contributed by atoms with Gasteiger partial charge in [-0.25, -0.2) is 4.21 Å². The molecule has 2 aromatic heterocycles. The Labute approximate surface area is 112 Å². The molecule has 0 aliphatic rings. The SMILES string of the molecule is NC(=O)c1cnc2cncc(CCCS(=O)O)c2c1. The molecule has 1 unspecified atom stereocenters. The second-order valence-corrected chi connectivity index (χ2v) is 5.13. The number of pyridine rings is 2. The van der Waals surface area contributed by atoms with Crippen LogP contribution in [0.5, 0.6) is 0 Å². The molecule has 1 atom stereocenters. The molecule has 3 N–H and O–H groups in total. The van der Waals surface area contributed by atoms with Crippen LogP contribution in [-0.4, -0.2) is 30.4 Å². The van der Waals surface area contributed by atoms with E-state index in [1.165, 1.54) is 6.20 Å². The van der Waals surface area contributed by atoms with Crippen LogP contribution >= 0.6 is 0 Å². The van der Waals surface area contributed by atoms with Crippen LogP contribution in [0, 0.1) is 0 Å². The van der Waals surface area contributed by atoms with Gasteiger partial charge in [-0.3, -0.25) is 14.8 Å². The van der Waals surface area contributed by atoms with E-state index in [1.54, 1.807) is 18.5 Å². The van der Waals surface area contributed by atoms with Crippen molar-refractivity contribution < 1.29 is 13.6 Å². The summed E-state index contributed by atoms with van der Waals surface area (Å²) in [5, 5.41) is 0.801. The Morgan fingerprint density at radius 3 is 2.84 bits per heavy atom. The van der Waals surface area contributed by atoms with Gasteiger partial charge in [0, 0.05) is 23.5 Å². The molecular weight excluding hydrogens is 266 g/mol. The van der Waals surface area contributed by atoms with Gasteiger partial charge in [0.15, 0.2) is 11.1 Å². The van der Waals surface area contributed by atoms with Crippen molar-refractivity contribution in [2.75, 3.05) is 5.75 Å². The Kier molecular flexibility index (Phi) is 4.18. The van der Waals surface area contributed by atoms with Crippen LogP contribution in [-0.2, 0) is 17.5 Å². The number of amides is 1. The number of aryl methyl sites for hydroxylation is 1. The van der Waals surface area contributed by atoms with E-state index in [-0.39, 0.29) is 5.75 Å². The summed E-state index contributed by atoms with van der Waals surface area (Å²) in [5.41, 5.74) is 7.13. The third-order valence-corrected chi connectivity index (χ3v) is 3.38. The maximum absolute atomic E-state index is 11.2. The summed E-state index contributed by atoms with van der Waals surface area (Å²) in [6.07, 6.45) is 5.85. The molecule has 0 aromatic carbocycles. The van der Waals surface area contributed by atoms with E-state index >= 15 is 0 Å². The van der Waals surface area contributed by atoms with Crippen molar-refractivity contribution in [3.8, 4) is 0 Å². The van der Waals surface area contributed by atoms with E-state index in [2.05, 4.69) is 9.97 Å². The van der Waals surface area contributed by atoms with Crippen molar-refractivity contribution >= 4 is 27.9 Å². The first-order valence-corrected chi connectivity index (χ1v) is 6.95. The van der Waals surface area contributed by atoms with Gasteiger partial charge >= 0.3 is 0 Å². The Morgan fingerprint density at radius 2 is 2.16 bits per heavy atom. The summed E-state index contributed by atoms with van der Waals surface area (Å²) in [4.78, 5) is 19.4. The highest BCUT2D eigenvalue weighted by atomic mass is 32.2. The number of carbonyl (C=O) groups is 1. The number of aromatic nitrogens is 2. The zero-order chi connectivity index (χ0) is 13.8. The van der Waals surface area contributed by atoms with Crippen molar-refractivity contribution in [1.82, 2.24) is 9.97 Å². The third kappa shape index (κ3) is 3.33. The summed E-state index contributed by atoms with van der Waals surface area (Å²) >= 11 is -1.79. The average molecular weight is 279 g/mol. The molecule has 0 saturated carbocycles. The number of rotatable bonds is 5. The first-order valence-electron chi connectivity index (χ1n) is 5.68. The second-order valence-electron chi connectivity index (χ2n) is 4.08. The van der Waals surface area contributed by atoms with Crippen LogP contribution in [0.15, 0.2) is 24.7 Å². The van der Waals surface area contributed by atoms with Crippen LogP contribution in [0.25, 0.3) is 10.9 Å². The van der Waals surface area contributed by atoms with Crippen LogP contribution < -0.4 is 5.73 Å². The van der Waals surface area contributed by atoms with Crippen LogP contribution in [0.1, 0.15) is 22.3 Å². The van der Waals surface area contributed by atoms with E-state index in [0.717, 1.165) is 10.9 Å². The molecule has 0 aliphatic heterocycles. The summed E-state index contributed by atoms with van der Waals surface area (Å²) in [6.45, 7) is 0. The number of hydrogen-bond acceptors (Lipinski definition) is 4. The predicted molar refractivity (Wildman–Crippen MR) is 72.0 cm³/mol. The topological polar surface area (TPSA) is 106 Å². The molecule has 100 valence electrons. The molecule has 0 bridgehead atoms. The maximum atomic E-state index is 11.2. The normalized spacial score (nSPS) is 12.5. The number of nitrogens with two attached hydrogens (primary N) is 1. The van der Waals surface area contributed by atoms with Gasteiger partial charge < -0.3 is 10.3 Å². The van der Waals surface area contributed by atoms with Crippen LogP contribution in [0.4, 0.5) is 0 Å². The van der Waals surface area contributed by atoms with Gasteiger partial charge in [0.25, 0.3) is 0 Å². The summed E-state index contributed by atoms with van der Waals surface area (Å²) in [7, 11) is 0. The third-order valence-electron chi connectivity index (χ3n) is 2.74. The Morgan fingerprint density at radius 1 is 1.37 bits per heavy atom. The van der Waals surface area contributed by atoms with E-state index in [0.29, 0.717) is 23.9 Å². The van der Waals surface area contributed by atoms with Gasteiger partial charge in [-0.1, -0.05) is 0 Å². The predicted octanol–water partition coefficient (Wildman–Crippen LogP) is 0.883. The number of nitrogens with zero attached hydrogens (tertiary/aromatic N) is 2. The highest BCUT2D eigenvalue weighted by Gasteiger charge is 2.07. The molecule has 0 spiro atoms. The lowest BCUT2D eigenvalue weighted by Gasteiger charge is -2.06. The summed E-state index contributed by atoms with van der Waals surface area (Å²) in [6, 6.07) is 1.68. The lowest BCUT2D eigenvalue weighted by molar-refractivity contribution is 0.1000. The fourth-order valence-corrected chi connectivity index (χ4v) is 2.21. The van der Waals surface area contributed by atoms with E-state index in [9.17, 15) is 9.00 Å². The molecule has 0 saturated heterocycles. The summed E-state index contributed by atoms with van der Waals surface area (Å²) in [5.74, 6) is -0.326. The standard InChI is InChI=1S/C12H13N3O3S/c13-12(16)9-4-10-8(2-1-3-19(17)18)5-14-7-11(10)15-6-9/h4-7H,1-3H2,(H2,13,16)(H,17,18). The fourth-order valence-electron chi connectivity index (χ4n) is 1.82. The van der Waals surface area contributed by atoms with Gasteiger partial charge in [0.2, 0.25) is 5.91 Å². The van der Waals surface area contributed by atoms with Crippen molar-refractivity contribution in [1.29, 1.82) is 0 Å². The maximum Gasteiger partial charge on any atom is 0.250 e. The number of fused-ring (bicyclic) bond motifs is 1. The van der Waals surface area contributed by atoms with Crippen LogP contribution in [0.2, 0.25) is 0 Å². The number of carbonyl (C=O) groups excluding carboxylic acids is 1. The lowest BCUT2D eigenvalue weighted by atomic mass is 10.1. The van der Waals surface area contributed by atoms with Gasteiger partial charge in [-0.15, -0.1) is 0 Å². The largest absolute Gasteiger partial charge is 0.366 e. The number of primary amides is 1. The van der Waals surface area contributed by atoms with E-state index in [1.807, 2.05) is 0 Å². The van der Waals surface area contributed by atoms with Gasteiger partial charge in [0.05, 0.1) is 17.3 Å². The molecule has 0 aliphatic carbocycles. The monoisotopic (exact) mass is 279 g/mol. The molecule has 0 fully saturated rings. The first kappa shape index (κ1) is 13.6. The molecule has 6 nitrogen and oxygen atoms in total. The Hall–Kier alpha value is -1.86. The highest BCUT2D eigenvalue weighted by Crippen LogP contribution is 2.18. The number of hydrogen-bond donors (Lipinski definition) is 2. The van der Waals surface area contributed by atoms with E-state index < -0.39 is 17.0 Å². The first-order chi connectivity index (χ1) is 9.08. The average Bonchev–Trinajstić information content (AvgIpc) is 2.38. The molecule has 0 radical (unpaired) electrons. The lowest BCUT2D eigenvalue weighted by Crippen LogP contribution is -2.11. The molecular formula is C12H13N3O3S. The smallest absolute Gasteiger partial charge is 0.250 e. The zero-order valence-electron chi connectivity index (χ0n) is 10.1. The van der Waals surface area contributed by atoms with Gasteiger partial charge in [-0.2, -0.15) is 0 Å². The Balaban J connectivity index is 2.34. The zero-order valence-corrected chi connectivity index (χ0v) is 10.9. The van der Waals surface area contributed by atoms with Gasteiger partial charge in [0.1, 0.15) is 0 Å². The molecule has 2 heterocycles. The minimum Gasteiger partial charge on any atom is -0.366 e. The van der Waals surface area contributed by atoms with Crippen molar-refractivity contribution in [2.24, 2.45) is 5.73 Å². The molecule has 2 rings (SSSR count). The summed E-state index contributed by atoms with van der Waals surface area (Å²) < 4.78 is 19.4. The molecule has 1 amide bonds. The molecule has 19 heavy (non-hydrogen) atoms. The molecule has 2 aromatic rings. The quantitative estimate of drug-likeness (QED) is 0.790. The minimum absolute atomic E-state index is 0.208. The highest BCUT2D eigenvalue weighted by molar-refractivity contribution is 7.79. The van der Waals surface area contributed by atoms with Crippen molar-refractivity contribution in [3.63, 3.8) is 0 Å². The van der Waals surface area contributed by atoms with Crippen molar-refractivity contribution in [2.45, 2.75) is 12.8 Å². The molecule has 7 heteroatoms. The van der Waals surface area contributed by atoms with Gasteiger partial charge in [-0.05, 0) is 24.5 Å². The van der Waals surface area contributed by atoms with Crippen LogP contribution in [0.3, 0.4) is 0 Å². The second kappa shape index (κ2) is 5.85. The van der Waals surface area contributed by atoms with Crippen molar-refractivity contribution in [3.05, 3.63) is 35.8 Å². The fraction of sp³-hybridized carbons (Fsp3) is 0.250. The Bertz CT molecular complexity index is 645. The minimum atomic E-state index is -1.79.